The van der Waals surface area contributed by atoms with Crippen molar-refractivity contribution in [2.24, 2.45) is 0 Å². The summed E-state index contributed by atoms with van der Waals surface area (Å²) in [6, 6.07) is 12.4. The number of amides is 1. The van der Waals surface area contributed by atoms with Crippen LogP contribution in [0.2, 0.25) is 0 Å². The molecular formula is C20H15BrFNO3S. The number of benzene rings is 2. The maximum Gasteiger partial charge on any atom is 0.339 e. The molecule has 0 saturated heterocycles. The number of nitrogens with one attached hydrogen (secondary N) is 1. The van der Waals surface area contributed by atoms with Crippen LogP contribution in [0.15, 0.2) is 53.0 Å². The van der Waals surface area contributed by atoms with Gasteiger partial charge in [-0.05, 0) is 48.4 Å². The number of aromatic carboxylic acids is 1. The van der Waals surface area contributed by atoms with E-state index in [4.69, 9.17) is 0 Å². The fourth-order valence-electron chi connectivity index (χ4n) is 2.72. The Morgan fingerprint density at radius 3 is 2.30 bits per heavy atom. The number of carboxylic acid groups (broad SMARTS) is 1. The monoisotopic (exact) mass is 447 g/mol. The lowest BCUT2D eigenvalue weighted by Crippen LogP contribution is -2.13. The minimum absolute atomic E-state index is 0.0645. The van der Waals surface area contributed by atoms with Crippen molar-refractivity contribution in [1.82, 2.24) is 0 Å². The third kappa shape index (κ3) is 4.09. The molecule has 4 nitrogen and oxygen atoms in total. The average Bonchev–Trinajstić information content (AvgIpc) is 3.01. The second kappa shape index (κ2) is 8.02. The van der Waals surface area contributed by atoms with Gasteiger partial charge in [0.1, 0.15) is 16.4 Å². The molecule has 27 heavy (non-hydrogen) atoms. The highest BCUT2D eigenvalue weighted by Crippen LogP contribution is 2.41. The molecule has 2 aromatic carbocycles. The molecule has 0 fully saturated rings. The normalized spacial score (nSPS) is 10.6. The van der Waals surface area contributed by atoms with E-state index in [1.54, 1.807) is 0 Å². The molecule has 0 bridgehead atoms. The lowest BCUT2D eigenvalue weighted by molar-refractivity contribution is 0.0699. The number of carbonyl (C=O) groups excluding carboxylic acids is 1. The van der Waals surface area contributed by atoms with E-state index in [2.05, 4.69) is 21.2 Å². The molecule has 0 aliphatic rings. The van der Waals surface area contributed by atoms with Crippen LogP contribution in [0.4, 0.5) is 9.39 Å². The summed E-state index contributed by atoms with van der Waals surface area (Å²) in [5, 5.41) is 12.7. The van der Waals surface area contributed by atoms with Crippen molar-refractivity contribution in [3.05, 3.63) is 74.8 Å². The number of halogens is 2. The minimum atomic E-state index is -1.11. The van der Waals surface area contributed by atoms with Gasteiger partial charge in [0.2, 0.25) is 0 Å². The lowest BCUT2D eigenvalue weighted by Gasteiger charge is -2.07. The predicted molar refractivity (Wildman–Crippen MR) is 108 cm³/mol. The number of thiophene rings is 1. The van der Waals surface area contributed by atoms with E-state index in [0.29, 0.717) is 12.0 Å². The van der Waals surface area contributed by atoms with Gasteiger partial charge in [-0.1, -0.05) is 35.0 Å². The maximum absolute atomic E-state index is 13.1. The smallest absolute Gasteiger partial charge is 0.339 e. The van der Waals surface area contributed by atoms with Crippen LogP contribution in [0.3, 0.4) is 0 Å². The molecule has 1 aromatic heterocycles. The summed E-state index contributed by atoms with van der Waals surface area (Å²) in [5.41, 5.74) is 1.70. The zero-order valence-corrected chi connectivity index (χ0v) is 16.7. The fraction of sp³-hybridized carbons (Fsp3) is 0.100. The molecule has 0 unspecified atom stereocenters. The first kappa shape index (κ1) is 19.3. The zero-order chi connectivity index (χ0) is 19.6. The molecule has 0 aliphatic heterocycles. The Bertz CT molecular complexity index is 997. The van der Waals surface area contributed by atoms with Crippen molar-refractivity contribution >= 4 is 44.1 Å². The van der Waals surface area contributed by atoms with Crippen LogP contribution >= 0.6 is 27.3 Å². The summed E-state index contributed by atoms with van der Waals surface area (Å²) in [4.78, 5) is 25.3. The molecule has 3 aromatic rings. The SMILES string of the molecule is CCc1sc(NC(=O)c2ccc(F)cc2)c(C(=O)O)c1-c1ccc(Br)cc1. The highest BCUT2D eigenvalue weighted by atomic mass is 79.9. The Kier molecular flexibility index (Phi) is 5.72. The Morgan fingerprint density at radius 1 is 1.11 bits per heavy atom. The summed E-state index contributed by atoms with van der Waals surface area (Å²) in [5.74, 6) is -2.04. The van der Waals surface area contributed by atoms with Crippen molar-refractivity contribution < 1.29 is 19.1 Å². The van der Waals surface area contributed by atoms with Gasteiger partial charge in [-0.2, -0.15) is 0 Å². The average molecular weight is 448 g/mol. The largest absolute Gasteiger partial charge is 0.478 e. The van der Waals surface area contributed by atoms with Crippen molar-refractivity contribution in [2.75, 3.05) is 5.32 Å². The Balaban J connectivity index is 2.05. The summed E-state index contributed by atoms with van der Waals surface area (Å²) >= 11 is 4.61. The van der Waals surface area contributed by atoms with E-state index in [1.165, 1.54) is 35.6 Å². The summed E-state index contributed by atoms with van der Waals surface area (Å²) in [6.45, 7) is 1.94. The van der Waals surface area contributed by atoms with Gasteiger partial charge in [-0.25, -0.2) is 9.18 Å². The molecule has 0 radical (unpaired) electrons. The van der Waals surface area contributed by atoms with E-state index < -0.39 is 17.7 Å². The zero-order valence-electron chi connectivity index (χ0n) is 14.3. The summed E-state index contributed by atoms with van der Waals surface area (Å²) < 4.78 is 13.9. The van der Waals surface area contributed by atoms with Gasteiger partial charge in [0.15, 0.2) is 0 Å². The topological polar surface area (TPSA) is 66.4 Å². The molecule has 0 spiro atoms. The number of carboxylic acids is 1. The first-order chi connectivity index (χ1) is 12.9. The fourth-order valence-corrected chi connectivity index (χ4v) is 4.13. The standard InChI is InChI=1S/C20H15BrFNO3S/c1-2-15-16(11-3-7-13(21)8-4-11)17(20(25)26)19(27-15)23-18(24)12-5-9-14(22)10-6-12/h3-10H,2H2,1H3,(H,23,24)(H,25,26). The number of carbonyl (C=O) groups is 2. The van der Waals surface area contributed by atoms with Gasteiger partial charge in [-0.3, -0.25) is 4.79 Å². The van der Waals surface area contributed by atoms with Crippen LogP contribution in [0, 0.1) is 5.82 Å². The lowest BCUT2D eigenvalue weighted by atomic mass is 10.00. The van der Waals surface area contributed by atoms with Crippen molar-refractivity contribution in [3.8, 4) is 11.1 Å². The number of hydrogen-bond acceptors (Lipinski definition) is 3. The first-order valence-corrected chi connectivity index (χ1v) is 9.73. The highest BCUT2D eigenvalue weighted by molar-refractivity contribution is 9.10. The molecule has 138 valence electrons. The predicted octanol–water partition coefficient (Wildman–Crippen LogP) is 5.83. The van der Waals surface area contributed by atoms with Gasteiger partial charge >= 0.3 is 5.97 Å². The van der Waals surface area contributed by atoms with Gasteiger partial charge in [0.05, 0.1) is 0 Å². The van der Waals surface area contributed by atoms with Gasteiger partial charge in [-0.15, -0.1) is 11.3 Å². The van der Waals surface area contributed by atoms with Crippen LogP contribution < -0.4 is 5.32 Å². The maximum atomic E-state index is 13.1. The van der Waals surface area contributed by atoms with E-state index in [1.807, 2.05) is 31.2 Å². The van der Waals surface area contributed by atoms with E-state index in [9.17, 15) is 19.1 Å². The van der Waals surface area contributed by atoms with Crippen molar-refractivity contribution in [1.29, 1.82) is 0 Å². The highest BCUT2D eigenvalue weighted by Gasteiger charge is 2.25. The van der Waals surface area contributed by atoms with Gasteiger partial charge in [0, 0.05) is 20.5 Å². The van der Waals surface area contributed by atoms with Crippen LogP contribution in [-0.4, -0.2) is 17.0 Å². The second-order valence-corrected chi connectivity index (χ2v) is 7.75. The third-order valence-electron chi connectivity index (χ3n) is 3.98. The second-order valence-electron chi connectivity index (χ2n) is 5.73. The van der Waals surface area contributed by atoms with Crippen LogP contribution in [0.1, 0.15) is 32.5 Å². The molecule has 7 heteroatoms. The van der Waals surface area contributed by atoms with Crippen molar-refractivity contribution in [2.45, 2.75) is 13.3 Å². The number of aryl methyl sites for hydroxylation is 1. The Morgan fingerprint density at radius 2 is 1.74 bits per heavy atom. The van der Waals surface area contributed by atoms with Crippen LogP contribution in [0.25, 0.3) is 11.1 Å². The van der Waals surface area contributed by atoms with Crippen LogP contribution in [0.5, 0.6) is 0 Å². The third-order valence-corrected chi connectivity index (χ3v) is 5.76. The summed E-state index contributed by atoms with van der Waals surface area (Å²) in [7, 11) is 0. The van der Waals surface area contributed by atoms with E-state index in [-0.39, 0.29) is 16.1 Å². The minimum Gasteiger partial charge on any atom is -0.478 e. The molecule has 1 heterocycles. The van der Waals surface area contributed by atoms with Crippen molar-refractivity contribution in [3.63, 3.8) is 0 Å². The van der Waals surface area contributed by atoms with Crippen LogP contribution in [-0.2, 0) is 6.42 Å². The number of anilines is 1. The quantitative estimate of drug-likeness (QED) is 0.516. The van der Waals surface area contributed by atoms with Gasteiger partial charge in [0.25, 0.3) is 5.91 Å². The Labute approximate surface area is 167 Å². The molecule has 1 amide bonds. The molecule has 0 atom stereocenters. The molecule has 0 aliphatic carbocycles. The van der Waals surface area contributed by atoms with E-state index >= 15 is 0 Å². The number of rotatable bonds is 5. The molecule has 0 saturated carbocycles. The first-order valence-electron chi connectivity index (χ1n) is 8.12. The Hall–Kier alpha value is -2.51. The molecular weight excluding hydrogens is 433 g/mol. The number of hydrogen-bond donors (Lipinski definition) is 2. The van der Waals surface area contributed by atoms with Gasteiger partial charge < -0.3 is 10.4 Å². The molecule has 2 N–H and O–H groups in total. The van der Waals surface area contributed by atoms with E-state index in [0.717, 1.165) is 14.9 Å². The molecule has 3 rings (SSSR count). The summed E-state index contributed by atoms with van der Waals surface area (Å²) in [6.07, 6.45) is 0.628.